The molecule has 1 amide bonds. The number of likely N-dealkylation sites (tertiary alicyclic amines) is 1. The van der Waals surface area contributed by atoms with Crippen LogP contribution in [-0.4, -0.2) is 39.3 Å². The molecule has 6 heteroatoms. The van der Waals surface area contributed by atoms with Crippen molar-refractivity contribution < 1.29 is 24.5 Å². The fraction of sp³-hybridized carbons (Fsp3) is 0.231. The van der Waals surface area contributed by atoms with Crippen molar-refractivity contribution in [3.8, 4) is 11.1 Å². The van der Waals surface area contributed by atoms with E-state index in [0.717, 1.165) is 27.2 Å². The second-order valence-corrected chi connectivity index (χ2v) is 8.34. The number of ether oxygens (including phenoxy) is 1. The molecule has 0 aromatic heterocycles. The van der Waals surface area contributed by atoms with Gasteiger partial charge in [-0.2, -0.15) is 0 Å². The zero-order chi connectivity index (χ0) is 22.8. The lowest BCUT2D eigenvalue weighted by atomic mass is 9.85. The number of hydrogen-bond acceptors (Lipinski definition) is 3. The van der Waals surface area contributed by atoms with Crippen LogP contribution < -0.4 is 0 Å². The van der Waals surface area contributed by atoms with Crippen LogP contribution >= 0.6 is 0 Å². The van der Waals surface area contributed by atoms with Gasteiger partial charge in [-0.3, -0.25) is 4.90 Å². The number of carboxylic acid groups (broad SMARTS) is 2. The molecule has 1 heterocycles. The molecule has 3 aromatic carbocycles. The Bertz CT molecular complexity index is 1100. The molecule has 164 valence electrons. The fourth-order valence-electron chi connectivity index (χ4n) is 4.37. The van der Waals surface area contributed by atoms with Gasteiger partial charge >= 0.3 is 12.1 Å². The van der Waals surface area contributed by atoms with Gasteiger partial charge < -0.3 is 14.9 Å². The molecule has 0 aliphatic carbocycles. The molecule has 2 atom stereocenters. The third kappa shape index (κ3) is 3.97. The first-order valence-electron chi connectivity index (χ1n) is 10.4. The first-order valence-corrected chi connectivity index (χ1v) is 10.4. The minimum atomic E-state index is -1.60. The van der Waals surface area contributed by atoms with E-state index in [4.69, 9.17) is 4.74 Å². The number of carbonyl (C=O) groups is 2. The molecule has 3 aromatic rings. The van der Waals surface area contributed by atoms with E-state index in [2.05, 4.69) is 0 Å². The third-order valence-electron chi connectivity index (χ3n) is 6.21. The molecular weight excluding hydrogens is 406 g/mol. The summed E-state index contributed by atoms with van der Waals surface area (Å²) in [4.78, 5) is 25.0. The van der Waals surface area contributed by atoms with Crippen LogP contribution in [0.1, 0.15) is 24.5 Å². The summed E-state index contributed by atoms with van der Waals surface area (Å²) in [5, 5.41) is 19.7. The van der Waals surface area contributed by atoms with Crippen molar-refractivity contribution in [3.63, 3.8) is 0 Å². The Hall–Kier alpha value is -3.64. The maximum absolute atomic E-state index is 12.1. The maximum Gasteiger partial charge on any atom is 0.408 e. The van der Waals surface area contributed by atoms with Crippen LogP contribution in [-0.2, 0) is 21.7 Å². The van der Waals surface area contributed by atoms with Gasteiger partial charge in [0.15, 0.2) is 0 Å². The Labute approximate surface area is 186 Å². The van der Waals surface area contributed by atoms with Crippen LogP contribution in [0, 0.1) is 0 Å². The van der Waals surface area contributed by atoms with Crippen molar-refractivity contribution in [2.24, 2.45) is 0 Å². The molecule has 1 saturated heterocycles. The third-order valence-corrected chi connectivity index (χ3v) is 6.21. The zero-order valence-electron chi connectivity index (χ0n) is 17.8. The number of amides is 1. The van der Waals surface area contributed by atoms with Gasteiger partial charge in [-0.25, -0.2) is 9.59 Å². The molecule has 2 N–H and O–H groups in total. The number of benzene rings is 3. The highest BCUT2D eigenvalue weighted by atomic mass is 16.5. The summed E-state index contributed by atoms with van der Waals surface area (Å²) >= 11 is 0. The highest BCUT2D eigenvalue weighted by Crippen LogP contribution is 2.46. The number of nitrogens with zero attached hydrogens (tertiary/aromatic N) is 1. The molecule has 1 aliphatic rings. The molecule has 0 bridgehead atoms. The summed E-state index contributed by atoms with van der Waals surface area (Å²) in [6.07, 6.45) is -1.26. The second kappa shape index (κ2) is 8.48. The van der Waals surface area contributed by atoms with E-state index in [1.165, 1.54) is 6.92 Å². The maximum atomic E-state index is 12.1. The molecule has 0 saturated carbocycles. The first-order chi connectivity index (χ1) is 15.3. The summed E-state index contributed by atoms with van der Waals surface area (Å²) in [5.74, 6) is -1.19. The lowest BCUT2D eigenvalue weighted by Gasteiger charge is -2.30. The number of rotatable bonds is 6. The van der Waals surface area contributed by atoms with Gasteiger partial charge in [-0.15, -0.1) is 0 Å². The smallest absolute Gasteiger partial charge is 0.408 e. The average molecular weight is 431 g/mol. The summed E-state index contributed by atoms with van der Waals surface area (Å²) in [6.45, 7) is 1.61. The largest absolute Gasteiger partial charge is 0.480 e. The monoisotopic (exact) mass is 431 g/mol. The molecular formula is C26H25NO5. The van der Waals surface area contributed by atoms with E-state index < -0.39 is 23.2 Å². The molecule has 6 nitrogen and oxygen atoms in total. The minimum absolute atomic E-state index is 0.0130. The zero-order valence-corrected chi connectivity index (χ0v) is 17.8. The van der Waals surface area contributed by atoms with Gasteiger partial charge in [0.1, 0.15) is 11.1 Å². The van der Waals surface area contributed by atoms with Crippen LogP contribution in [0.4, 0.5) is 4.79 Å². The summed E-state index contributed by atoms with van der Waals surface area (Å²) in [6, 6.07) is 27.2. The Balaban J connectivity index is 1.72. The molecule has 2 unspecified atom stereocenters. The summed E-state index contributed by atoms with van der Waals surface area (Å²) in [5.41, 5.74) is 1.08. The van der Waals surface area contributed by atoms with Gasteiger partial charge in [0.25, 0.3) is 0 Å². The van der Waals surface area contributed by atoms with Crippen LogP contribution in [0.15, 0.2) is 84.9 Å². The topological polar surface area (TPSA) is 87.1 Å². The van der Waals surface area contributed by atoms with Crippen molar-refractivity contribution in [2.45, 2.75) is 31.1 Å². The Morgan fingerprint density at radius 2 is 1.44 bits per heavy atom. The fourth-order valence-corrected chi connectivity index (χ4v) is 4.37. The lowest BCUT2D eigenvalue weighted by molar-refractivity contribution is -0.148. The van der Waals surface area contributed by atoms with E-state index in [1.54, 1.807) is 0 Å². The Morgan fingerprint density at radius 3 is 1.97 bits per heavy atom. The van der Waals surface area contributed by atoms with Gasteiger partial charge in [0.2, 0.25) is 0 Å². The van der Waals surface area contributed by atoms with Crippen LogP contribution in [0.3, 0.4) is 0 Å². The van der Waals surface area contributed by atoms with Crippen molar-refractivity contribution in [1.82, 2.24) is 4.90 Å². The molecule has 0 radical (unpaired) electrons. The average Bonchev–Trinajstić information content (AvgIpc) is 3.15. The van der Waals surface area contributed by atoms with Crippen molar-refractivity contribution in [2.75, 3.05) is 6.54 Å². The SMILES string of the molecule is CC1(C(=O)O)CC(OCc2ccccc2)(c2ccc(-c3ccccc3)cc2)CN1C(=O)O. The Kier molecular flexibility index (Phi) is 5.72. The van der Waals surface area contributed by atoms with Crippen LogP contribution in [0.2, 0.25) is 0 Å². The number of carboxylic acids is 1. The quantitative estimate of drug-likeness (QED) is 0.574. The summed E-state index contributed by atoms with van der Waals surface area (Å²) in [7, 11) is 0. The van der Waals surface area contributed by atoms with Gasteiger partial charge in [0.05, 0.1) is 13.2 Å². The van der Waals surface area contributed by atoms with E-state index >= 15 is 0 Å². The van der Waals surface area contributed by atoms with Crippen LogP contribution in [0.5, 0.6) is 0 Å². The second-order valence-electron chi connectivity index (χ2n) is 8.34. The van der Waals surface area contributed by atoms with E-state index in [-0.39, 0.29) is 19.6 Å². The molecule has 4 rings (SSSR count). The minimum Gasteiger partial charge on any atom is -0.480 e. The van der Waals surface area contributed by atoms with Crippen molar-refractivity contribution in [1.29, 1.82) is 0 Å². The number of aliphatic carboxylic acids is 1. The molecule has 1 fully saturated rings. The van der Waals surface area contributed by atoms with E-state index in [9.17, 15) is 19.8 Å². The standard InChI is InChI=1S/C26H25NO5/c1-25(23(28)29)17-26(18-27(25)24(30)31,32-16-19-8-4-2-5-9-19)22-14-12-21(13-15-22)20-10-6-3-7-11-20/h2-15H,16-18H2,1H3,(H,28,29)(H,30,31). The molecule has 32 heavy (non-hydrogen) atoms. The molecule has 0 spiro atoms. The first kappa shape index (κ1) is 21.6. The van der Waals surface area contributed by atoms with Gasteiger partial charge in [-0.1, -0.05) is 84.9 Å². The molecule has 1 aliphatic heterocycles. The number of hydrogen-bond donors (Lipinski definition) is 2. The normalized spacial score (nSPS) is 22.6. The Morgan fingerprint density at radius 1 is 0.875 bits per heavy atom. The van der Waals surface area contributed by atoms with Gasteiger partial charge in [0, 0.05) is 6.42 Å². The summed E-state index contributed by atoms with van der Waals surface area (Å²) < 4.78 is 6.37. The predicted octanol–water partition coefficient (Wildman–Crippen LogP) is 4.99. The van der Waals surface area contributed by atoms with E-state index in [0.29, 0.717) is 0 Å². The predicted molar refractivity (Wildman–Crippen MR) is 120 cm³/mol. The lowest BCUT2D eigenvalue weighted by Crippen LogP contribution is -2.50. The van der Waals surface area contributed by atoms with Crippen LogP contribution in [0.25, 0.3) is 11.1 Å². The highest BCUT2D eigenvalue weighted by molar-refractivity contribution is 5.84. The van der Waals surface area contributed by atoms with Crippen molar-refractivity contribution in [3.05, 3.63) is 96.1 Å². The van der Waals surface area contributed by atoms with Crippen molar-refractivity contribution >= 4 is 12.1 Å². The van der Waals surface area contributed by atoms with E-state index in [1.807, 2.05) is 84.9 Å². The highest BCUT2D eigenvalue weighted by Gasteiger charge is 2.58. The van der Waals surface area contributed by atoms with Gasteiger partial charge in [-0.05, 0) is 29.2 Å².